The first kappa shape index (κ1) is 18.5. The summed E-state index contributed by atoms with van der Waals surface area (Å²) in [7, 11) is -7.54. The second-order valence-corrected chi connectivity index (χ2v) is 10.1. The van der Waals surface area contributed by atoms with Gasteiger partial charge in [0.15, 0.2) is 0 Å². The molecule has 1 aliphatic heterocycles. The number of nitrogens with zero attached hydrogens (tertiary/aromatic N) is 1. The summed E-state index contributed by atoms with van der Waals surface area (Å²) in [4.78, 5) is 0.771. The van der Waals surface area contributed by atoms with Gasteiger partial charge in [0.25, 0.3) is 0 Å². The normalized spacial score (nSPS) is 16.8. The van der Waals surface area contributed by atoms with Crippen LogP contribution in [0.5, 0.6) is 0 Å². The summed E-state index contributed by atoms with van der Waals surface area (Å²) in [5.74, 6) is 0. The van der Waals surface area contributed by atoms with Crippen molar-refractivity contribution in [2.24, 2.45) is 0 Å². The molecule has 1 saturated heterocycles. The van der Waals surface area contributed by atoms with Gasteiger partial charge >= 0.3 is 0 Å². The molecule has 0 aliphatic carbocycles. The largest absolute Gasteiger partial charge is 0.379 e. The van der Waals surface area contributed by atoms with Crippen molar-refractivity contribution in [2.45, 2.75) is 16.3 Å². The lowest BCUT2D eigenvalue weighted by Crippen LogP contribution is -2.40. The van der Waals surface area contributed by atoms with Gasteiger partial charge in [-0.1, -0.05) is 12.1 Å². The minimum absolute atomic E-state index is 0.0339. The number of morpholine rings is 1. The lowest BCUT2D eigenvalue weighted by Gasteiger charge is -2.26. The number of hydrogen-bond donors (Lipinski definition) is 1. The second kappa shape index (κ2) is 7.52. The fraction of sp³-hybridized carbons (Fsp3) is 0.333. The zero-order valence-electron chi connectivity index (χ0n) is 13.3. The van der Waals surface area contributed by atoms with Gasteiger partial charge in [-0.15, -0.1) is 11.3 Å². The predicted molar refractivity (Wildman–Crippen MR) is 94.4 cm³/mol. The van der Waals surface area contributed by atoms with Crippen LogP contribution in [-0.2, 0) is 31.3 Å². The highest BCUT2D eigenvalue weighted by Crippen LogP contribution is 2.21. The standard InChI is InChI=1S/C15H18N2O5S3/c18-24(19,16-12-13-3-2-10-23-13)14-4-1-5-15(11-14)25(20,21)17-6-8-22-9-7-17/h1-5,10-11,16H,6-9,12H2. The highest BCUT2D eigenvalue weighted by molar-refractivity contribution is 7.90. The molecule has 10 heteroatoms. The highest BCUT2D eigenvalue weighted by atomic mass is 32.2. The molecular formula is C15H18N2O5S3. The number of thiophene rings is 1. The van der Waals surface area contributed by atoms with Crippen LogP contribution < -0.4 is 4.72 Å². The van der Waals surface area contributed by atoms with Gasteiger partial charge in [-0.25, -0.2) is 21.6 Å². The summed E-state index contributed by atoms with van der Waals surface area (Å²) in [6.45, 7) is 1.35. The average molecular weight is 403 g/mol. The quantitative estimate of drug-likeness (QED) is 0.785. The van der Waals surface area contributed by atoms with Crippen molar-refractivity contribution in [3.8, 4) is 0 Å². The molecule has 7 nitrogen and oxygen atoms in total. The number of hydrogen-bond acceptors (Lipinski definition) is 6. The smallest absolute Gasteiger partial charge is 0.243 e. The average Bonchev–Trinajstić information content (AvgIpc) is 3.15. The fourth-order valence-electron chi connectivity index (χ4n) is 2.40. The molecule has 0 saturated carbocycles. The van der Waals surface area contributed by atoms with E-state index >= 15 is 0 Å². The molecule has 0 unspecified atom stereocenters. The Kier molecular flexibility index (Phi) is 5.56. The molecule has 1 aliphatic rings. The van der Waals surface area contributed by atoms with E-state index in [4.69, 9.17) is 4.74 Å². The number of rotatable bonds is 6. The van der Waals surface area contributed by atoms with Crippen LogP contribution in [-0.4, -0.2) is 47.4 Å². The van der Waals surface area contributed by atoms with Crippen molar-refractivity contribution >= 4 is 31.4 Å². The molecule has 2 aromatic rings. The molecule has 2 heterocycles. The van der Waals surface area contributed by atoms with Gasteiger partial charge in [-0.2, -0.15) is 4.31 Å². The van der Waals surface area contributed by atoms with Crippen molar-refractivity contribution in [1.82, 2.24) is 9.03 Å². The van der Waals surface area contributed by atoms with Gasteiger partial charge < -0.3 is 4.74 Å². The molecule has 3 rings (SSSR count). The number of nitrogens with one attached hydrogen (secondary N) is 1. The first-order valence-corrected chi connectivity index (χ1v) is 11.4. The van der Waals surface area contributed by atoms with E-state index in [1.165, 1.54) is 39.9 Å². The van der Waals surface area contributed by atoms with Gasteiger partial charge in [0.2, 0.25) is 20.0 Å². The third-order valence-corrected chi connectivity index (χ3v) is 7.91. The third kappa shape index (κ3) is 4.27. The summed E-state index contributed by atoms with van der Waals surface area (Å²) in [5, 5.41) is 1.86. The number of ether oxygens (including phenoxy) is 1. The van der Waals surface area contributed by atoms with Gasteiger partial charge in [-0.05, 0) is 29.6 Å². The van der Waals surface area contributed by atoms with Gasteiger partial charge in [0.1, 0.15) is 0 Å². The topological polar surface area (TPSA) is 92.8 Å². The van der Waals surface area contributed by atoms with Crippen molar-refractivity contribution < 1.29 is 21.6 Å². The Hall–Kier alpha value is -1.30. The summed E-state index contributed by atoms with van der Waals surface area (Å²) < 4.78 is 59.2. The monoisotopic (exact) mass is 402 g/mol. The Bertz CT molecular complexity index is 918. The van der Waals surface area contributed by atoms with E-state index in [1.807, 2.05) is 17.5 Å². The van der Waals surface area contributed by atoms with Gasteiger partial charge in [0, 0.05) is 24.5 Å². The van der Waals surface area contributed by atoms with E-state index in [0.717, 1.165) is 4.88 Å². The summed E-state index contributed by atoms with van der Waals surface area (Å²) in [5.41, 5.74) is 0. The maximum atomic E-state index is 12.7. The summed E-state index contributed by atoms with van der Waals surface area (Å²) in [6, 6.07) is 9.09. The van der Waals surface area contributed by atoms with Crippen molar-refractivity contribution in [1.29, 1.82) is 0 Å². The van der Waals surface area contributed by atoms with E-state index in [2.05, 4.69) is 4.72 Å². The van der Waals surface area contributed by atoms with Crippen LogP contribution in [0.15, 0.2) is 51.6 Å². The zero-order chi connectivity index (χ0) is 17.9. The Morgan fingerprint density at radius 1 is 1.04 bits per heavy atom. The highest BCUT2D eigenvalue weighted by Gasteiger charge is 2.27. The molecular weight excluding hydrogens is 384 g/mol. The van der Waals surface area contributed by atoms with Crippen molar-refractivity contribution in [3.63, 3.8) is 0 Å². The Morgan fingerprint density at radius 2 is 1.76 bits per heavy atom. The van der Waals surface area contributed by atoms with Crippen LogP contribution in [0, 0.1) is 0 Å². The molecule has 1 aromatic heterocycles. The molecule has 0 amide bonds. The van der Waals surface area contributed by atoms with Gasteiger partial charge in [0.05, 0.1) is 23.0 Å². The molecule has 25 heavy (non-hydrogen) atoms. The lowest BCUT2D eigenvalue weighted by molar-refractivity contribution is 0.0730. The van der Waals surface area contributed by atoms with Crippen LogP contribution in [0.3, 0.4) is 0 Å². The molecule has 0 radical (unpaired) electrons. The SMILES string of the molecule is O=S(=O)(NCc1cccs1)c1cccc(S(=O)(=O)N2CCOCC2)c1. The van der Waals surface area contributed by atoms with Gasteiger partial charge in [-0.3, -0.25) is 0 Å². The molecule has 136 valence electrons. The first-order chi connectivity index (χ1) is 11.9. The van der Waals surface area contributed by atoms with Crippen LogP contribution >= 0.6 is 11.3 Å². The zero-order valence-corrected chi connectivity index (χ0v) is 15.7. The van der Waals surface area contributed by atoms with Crippen LogP contribution in [0.25, 0.3) is 0 Å². The Balaban J connectivity index is 1.82. The molecule has 0 atom stereocenters. The van der Waals surface area contributed by atoms with Crippen LogP contribution in [0.2, 0.25) is 0 Å². The van der Waals surface area contributed by atoms with Crippen LogP contribution in [0.1, 0.15) is 4.88 Å². The Labute approximate surface area is 151 Å². The third-order valence-electron chi connectivity index (χ3n) is 3.74. The maximum absolute atomic E-state index is 12.7. The minimum atomic E-state index is -3.80. The number of sulfonamides is 2. The second-order valence-electron chi connectivity index (χ2n) is 5.40. The predicted octanol–water partition coefficient (Wildman–Crippen LogP) is 1.25. The first-order valence-electron chi connectivity index (χ1n) is 7.60. The van der Waals surface area contributed by atoms with Crippen LogP contribution in [0.4, 0.5) is 0 Å². The molecule has 1 N–H and O–H groups in total. The van der Waals surface area contributed by atoms with Crippen molar-refractivity contribution in [2.75, 3.05) is 26.3 Å². The lowest BCUT2D eigenvalue weighted by atomic mass is 10.4. The van der Waals surface area contributed by atoms with E-state index in [1.54, 1.807) is 0 Å². The summed E-state index contributed by atoms with van der Waals surface area (Å²) >= 11 is 1.44. The number of benzene rings is 1. The molecule has 1 aromatic carbocycles. The molecule has 1 fully saturated rings. The molecule has 0 bridgehead atoms. The van der Waals surface area contributed by atoms with E-state index in [9.17, 15) is 16.8 Å². The summed E-state index contributed by atoms with van der Waals surface area (Å²) in [6.07, 6.45) is 0. The van der Waals surface area contributed by atoms with E-state index in [-0.39, 0.29) is 29.4 Å². The maximum Gasteiger partial charge on any atom is 0.243 e. The fourth-order valence-corrected chi connectivity index (χ4v) is 5.72. The minimum Gasteiger partial charge on any atom is -0.379 e. The van der Waals surface area contributed by atoms with Crippen molar-refractivity contribution in [3.05, 3.63) is 46.7 Å². The van der Waals surface area contributed by atoms with E-state index < -0.39 is 20.0 Å². The van der Waals surface area contributed by atoms with E-state index in [0.29, 0.717) is 13.2 Å². The molecule has 0 spiro atoms. The Morgan fingerprint density at radius 3 is 2.44 bits per heavy atom.